The maximum atomic E-state index is 13.8. The van der Waals surface area contributed by atoms with Crippen molar-refractivity contribution in [3.8, 4) is 0 Å². The van der Waals surface area contributed by atoms with Gasteiger partial charge in [0.05, 0.1) is 18.3 Å². The first kappa shape index (κ1) is 17.3. The number of fused-ring (bicyclic) bond motifs is 3. The van der Waals surface area contributed by atoms with E-state index < -0.39 is 5.82 Å². The van der Waals surface area contributed by atoms with E-state index in [-0.39, 0.29) is 17.9 Å². The molecule has 0 unspecified atom stereocenters. The molecule has 0 fully saturated rings. The first-order valence-electron chi connectivity index (χ1n) is 9.33. The third-order valence-corrected chi connectivity index (χ3v) is 5.07. The molecule has 2 aromatic heterocycles. The zero-order valence-corrected chi connectivity index (χ0v) is 15.5. The fraction of sp³-hybridized carbons (Fsp3) is 0.0870. The third-order valence-electron chi connectivity index (χ3n) is 5.07. The molecule has 5 nitrogen and oxygen atoms in total. The summed E-state index contributed by atoms with van der Waals surface area (Å²) in [6.45, 7) is 0.475. The number of Topliss-reactive ketones (excluding diaryl/α,β-unsaturated/α-hetero) is 1. The number of carbonyl (C=O) groups is 1. The Bertz CT molecular complexity index is 1300. The molecule has 0 spiro atoms. The number of ketones is 1. The summed E-state index contributed by atoms with van der Waals surface area (Å²) in [7, 11) is 0. The van der Waals surface area contributed by atoms with E-state index in [0.29, 0.717) is 6.54 Å². The number of rotatable bonds is 5. The Morgan fingerprint density at radius 2 is 1.48 bits per heavy atom. The molecule has 0 bridgehead atoms. The molecule has 0 saturated carbocycles. The molecule has 0 radical (unpaired) electrons. The van der Waals surface area contributed by atoms with Crippen LogP contribution in [0, 0.1) is 5.82 Å². The number of carbonyl (C=O) groups excluding carboxylic acids is 1. The quantitative estimate of drug-likeness (QED) is 0.421. The lowest BCUT2D eigenvalue weighted by Gasteiger charge is -2.04. The monoisotopic (exact) mass is 384 g/mol. The first-order chi connectivity index (χ1) is 14.2. The number of halogens is 1. The molecule has 0 amide bonds. The van der Waals surface area contributed by atoms with E-state index >= 15 is 0 Å². The molecule has 142 valence electrons. The zero-order valence-electron chi connectivity index (χ0n) is 15.5. The number of para-hydroxylation sites is 2. The minimum atomic E-state index is -0.525. The van der Waals surface area contributed by atoms with Crippen molar-refractivity contribution >= 4 is 27.6 Å². The van der Waals surface area contributed by atoms with Crippen LogP contribution in [-0.4, -0.2) is 25.3 Å². The highest BCUT2D eigenvalue weighted by Crippen LogP contribution is 2.29. The van der Waals surface area contributed by atoms with Crippen molar-refractivity contribution in [1.82, 2.24) is 19.6 Å². The Labute approximate surface area is 166 Å². The van der Waals surface area contributed by atoms with Gasteiger partial charge in [-0.2, -0.15) is 0 Å². The second-order valence-corrected chi connectivity index (χ2v) is 6.93. The van der Waals surface area contributed by atoms with Gasteiger partial charge in [0.1, 0.15) is 18.1 Å². The summed E-state index contributed by atoms with van der Waals surface area (Å²) in [6, 6.07) is 22.4. The zero-order chi connectivity index (χ0) is 19.8. The van der Waals surface area contributed by atoms with Crippen LogP contribution in [0.5, 0.6) is 0 Å². The van der Waals surface area contributed by atoms with Gasteiger partial charge in [0.25, 0.3) is 0 Å². The van der Waals surface area contributed by atoms with Gasteiger partial charge in [-0.25, -0.2) is 9.07 Å². The van der Waals surface area contributed by atoms with E-state index in [9.17, 15) is 9.18 Å². The van der Waals surface area contributed by atoms with Crippen LogP contribution in [0.3, 0.4) is 0 Å². The predicted molar refractivity (Wildman–Crippen MR) is 109 cm³/mol. The summed E-state index contributed by atoms with van der Waals surface area (Å²) < 4.78 is 17.5. The normalized spacial score (nSPS) is 11.3. The van der Waals surface area contributed by atoms with Crippen molar-refractivity contribution in [2.45, 2.75) is 13.1 Å². The van der Waals surface area contributed by atoms with E-state index in [2.05, 4.69) is 39.1 Å². The molecule has 2 heterocycles. The minimum absolute atomic E-state index is 0.0545. The van der Waals surface area contributed by atoms with Gasteiger partial charge in [0, 0.05) is 21.8 Å². The molecule has 6 heteroatoms. The lowest BCUT2D eigenvalue weighted by Crippen LogP contribution is -2.12. The maximum absolute atomic E-state index is 13.8. The summed E-state index contributed by atoms with van der Waals surface area (Å²) in [5.41, 5.74) is 3.03. The Kier molecular flexibility index (Phi) is 4.17. The number of aromatic nitrogens is 4. The molecular formula is C23H17FN4O. The molecule has 0 aliphatic heterocycles. The van der Waals surface area contributed by atoms with Crippen LogP contribution in [-0.2, 0) is 13.1 Å². The van der Waals surface area contributed by atoms with Gasteiger partial charge in [0.2, 0.25) is 0 Å². The highest BCUT2D eigenvalue weighted by molar-refractivity contribution is 6.08. The van der Waals surface area contributed by atoms with Gasteiger partial charge in [-0.3, -0.25) is 4.79 Å². The Morgan fingerprint density at radius 1 is 0.862 bits per heavy atom. The minimum Gasteiger partial charge on any atom is -0.334 e. The molecule has 0 atom stereocenters. The van der Waals surface area contributed by atoms with Gasteiger partial charge < -0.3 is 4.57 Å². The van der Waals surface area contributed by atoms with Crippen molar-refractivity contribution in [3.63, 3.8) is 0 Å². The van der Waals surface area contributed by atoms with Crippen molar-refractivity contribution in [2.75, 3.05) is 0 Å². The summed E-state index contributed by atoms with van der Waals surface area (Å²) >= 11 is 0. The SMILES string of the molecule is O=C(Cn1cc(Cn2c3ccccc3c3ccccc32)nn1)c1ccccc1F. The molecule has 5 rings (SSSR count). The molecule has 0 aliphatic rings. The maximum Gasteiger partial charge on any atom is 0.187 e. The summed E-state index contributed by atoms with van der Waals surface area (Å²) in [5.74, 6) is -0.862. The average molecular weight is 384 g/mol. The van der Waals surface area contributed by atoms with E-state index in [0.717, 1.165) is 16.7 Å². The van der Waals surface area contributed by atoms with Crippen molar-refractivity contribution < 1.29 is 9.18 Å². The molecule has 29 heavy (non-hydrogen) atoms. The van der Waals surface area contributed by atoms with Crippen LogP contribution in [0.15, 0.2) is 79.0 Å². The van der Waals surface area contributed by atoms with E-state index in [4.69, 9.17) is 0 Å². The Hall–Kier alpha value is -3.80. The van der Waals surface area contributed by atoms with Gasteiger partial charge in [0.15, 0.2) is 5.78 Å². The van der Waals surface area contributed by atoms with Gasteiger partial charge in [-0.1, -0.05) is 53.7 Å². The largest absolute Gasteiger partial charge is 0.334 e. The van der Waals surface area contributed by atoms with E-state index in [1.807, 2.05) is 24.3 Å². The van der Waals surface area contributed by atoms with Crippen LogP contribution >= 0.6 is 0 Å². The lowest BCUT2D eigenvalue weighted by atomic mass is 10.1. The summed E-state index contributed by atoms with van der Waals surface area (Å²) in [5, 5.41) is 10.7. The topological polar surface area (TPSA) is 52.7 Å². The van der Waals surface area contributed by atoms with Crippen molar-refractivity contribution in [3.05, 3.63) is 96.1 Å². The Morgan fingerprint density at radius 3 is 2.17 bits per heavy atom. The molecule has 0 N–H and O–H groups in total. The standard InChI is InChI=1S/C23H17FN4O/c24-20-10-4-1-9-19(20)23(29)15-27-13-16(25-26-27)14-28-21-11-5-2-7-17(21)18-8-3-6-12-22(18)28/h1-13H,14-15H2. The van der Waals surface area contributed by atoms with Gasteiger partial charge in [-0.05, 0) is 24.3 Å². The van der Waals surface area contributed by atoms with Gasteiger partial charge in [-0.15, -0.1) is 5.10 Å². The van der Waals surface area contributed by atoms with E-state index in [1.165, 1.54) is 27.6 Å². The predicted octanol–water partition coefficient (Wildman–Crippen LogP) is 4.46. The molecule has 5 aromatic rings. The number of hydrogen-bond donors (Lipinski definition) is 0. The van der Waals surface area contributed by atoms with E-state index in [1.54, 1.807) is 18.3 Å². The molecule has 0 aliphatic carbocycles. The van der Waals surface area contributed by atoms with Crippen LogP contribution in [0.2, 0.25) is 0 Å². The molecule has 3 aromatic carbocycles. The smallest absolute Gasteiger partial charge is 0.187 e. The molecular weight excluding hydrogens is 367 g/mol. The second-order valence-electron chi connectivity index (χ2n) is 6.93. The van der Waals surface area contributed by atoms with Crippen LogP contribution in [0.4, 0.5) is 4.39 Å². The highest BCUT2D eigenvalue weighted by Gasteiger charge is 2.14. The number of hydrogen-bond acceptors (Lipinski definition) is 3. The average Bonchev–Trinajstić information content (AvgIpc) is 3.31. The van der Waals surface area contributed by atoms with Crippen molar-refractivity contribution in [2.24, 2.45) is 0 Å². The second kappa shape index (κ2) is 6.98. The van der Waals surface area contributed by atoms with Crippen LogP contribution in [0.1, 0.15) is 16.1 Å². The number of benzene rings is 3. The van der Waals surface area contributed by atoms with Crippen LogP contribution < -0.4 is 0 Å². The van der Waals surface area contributed by atoms with Crippen LogP contribution in [0.25, 0.3) is 21.8 Å². The summed E-state index contributed by atoms with van der Waals surface area (Å²) in [6.07, 6.45) is 1.74. The summed E-state index contributed by atoms with van der Waals surface area (Å²) in [4.78, 5) is 12.4. The lowest BCUT2D eigenvalue weighted by molar-refractivity contribution is 0.0963. The van der Waals surface area contributed by atoms with Gasteiger partial charge >= 0.3 is 0 Å². The molecule has 0 saturated heterocycles. The third kappa shape index (κ3) is 3.08. The highest BCUT2D eigenvalue weighted by atomic mass is 19.1. The van der Waals surface area contributed by atoms with Crippen molar-refractivity contribution in [1.29, 1.82) is 0 Å². The Balaban J connectivity index is 1.45. The first-order valence-corrected chi connectivity index (χ1v) is 9.33. The fourth-order valence-corrected chi connectivity index (χ4v) is 3.74. The number of nitrogens with zero attached hydrogens (tertiary/aromatic N) is 4. The fourth-order valence-electron chi connectivity index (χ4n) is 3.74.